The van der Waals surface area contributed by atoms with Gasteiger partial charge in [-0.3, -0.25) is 19.3 Å². The highest BCUT2D eigenvalue weighted by molar-refractivity contribution is 5.78. The summed E-state index contributed by atoms with van der Waals surface area (Å²) in [5.74, 6) is 0.261. The minimum atomic E-state index is 0.261. The maximum atomic E-state index is 12.8. The van der Waals surface area contributed by atoms with Crippen LogP contribution in [0.15, 0.2) is 30.3 Å². The molecule has 0 saturated carbocycles. The van der Waals surface area contributed by atoms with E-state index in [0.29, 0.717) is 12.6 Å². The van der Waals surface area contributed by atoms with Crippen molar-refractivity contribution in [3.05, 3.63) is 41.6 Å². The normalized spacial score (nSPS) is 18.5. The van der Waals surface area contributed by atoms with E-state index in [0.717, 1.165) is 51.4 Å². The highest BCUT2D eigenvalue weighted by Gasteiger charge is 2.28. The molecule has 1 fully saturated rings. The smallest absolute Gasteiger partial charge is 0.236 e. The van der Waals surface area contributed by atoms with Crippen molar-refractivity contribution in [2.24, 2.45) is 7.05 Å². The van der Waals surface area contributed by atoms with Crippen LogP contribution in [0.5, 0.6) is 0 Å². The van der Waals surface area contributed by atoms with Crippen molar-refractivity contribution in [1.29, 1.82) is 0 Å². The molecule has 0 N–H and O–H groups in total. The first-order valence-corrected chi connectivity index (χ1v) is 10.4. The van der Waals surface area contributed by atoms with Gasteiger partial charge in [-0.1, -0.05) is 30.3 Å². The SMILES string of the molecule is CC(C)N1CCN(C(=O)CN2CCc3c(-c4ccccc4)nn(C)c3C2)CC1. The third-order valence-corrected chi connectivity index (χ3v) is 6.13. The number of nitrogens with zero attached hydrogens (tertiary/aromatic N) is 5. The van der Waals surface area contributed by atoms with Crippen LogP contribution in [-0.2, 0) is 24.8 Å². The summed E-state index contributed by atoms with van der Waals surface area (Å²) in [5.41, 5.74) is 4.84. The lowest BCUT2D eigenvalue weighted by molar-refractivity contribution is -0.134. The van der Waals surface area contributed by atoms with Gasteiger partial charge in [0.25, 0.3) is 0 Å². The van der Waals surface area contributed by atoms with Crippen molar-refractivity contribution in [3.8, 4) is 11.3 Å². The molecule has 150 valence electrons. The van der Waals surface area contributed by atoms with Gasteiger partial charge >= 0.3 is 0 Å². The molecular formula is C22H31N5O. The van der Waals surface area contributed by atoms with E-state index < -0.39 is 0 Å². The monoisotopic (exact) mass is 381 g/mol. The Bertz CT molecular complexity index is 821. The molecule has 4 rings (SSSR count). The number of aromatic nitrogens is 2. The topological polar surface area (TPSA) is 44.6 Å². The van der Waals surface area contributed by atoms with E-state index in [1.54, 1.807) is 0 Å². The van der Waals surface area contributed by atoms with Gasteiger partial charge in [-0.05, 0) is 20.3 Å². The van der Waals surface area contributed by atoms with Gasteiger partial charge in [0.15, 0.2) is 0 Å². The molecule has 1 aromatic carbocycles. The largest absolute Gasteiger partial charge is 0.339 e. The number of fused-ring (bicyclic) bond motifs is 1. The third kappa shape index (κ3) is 3.84. The van der Waals surface area contributed by atoms with Crippen LogP contribution in [0.4, 0.5) is 0 Å². The van der Waals surface area contributed by atoms with E-state index in [1.165, 1.54) is 16.8 Å². The van der Waals surface area contributed by atoms with Gasteiger partial charge in [-0.15, -0.1) is 0 Å². The summed E-state index contributed by atoms with van der Waals surface area (Å²) in [6.07, 6.45) is 0.946. The number of piperazine rings is 1. The fourth-order valence-corrected chi connectivity index (χ4v) is 4.37. The van der Waals surface area contributed by atoms with Gasteiger partial charge in [-0.2, -0.15) is 5.10 Å². The first-order valence-electron chi connectivity index (χ1n) is 10.4. The summed E-state index contributed by atoms with van der Waals surface area (Å²) in [4.78, 5) is 19.6. The first-order chi connectivity index (χ1) is 13.5. The highest BCUT2D eigenvalue weighted by atomic mass is 16.2. The quantitative estimate of drug-likeness (QED) is 0.813. The van der Waals surface area contributed by atoms with E-state index in [9.17, 15) is 4.79 Å². The first kappa shape index (κ1) is 19.2. The van der Waals surface area contributed by atoms with E-state index >= 15 is 0 Å². The molecule has 6 heteroatoms. The predicted octanol–water partition coefficient (Wildman–Crippen LogP) is 2.00. The fraction of sp³-hybridized carbons (Fsp3) is 0.545. The number of amides is 1. The van der Waals surface area contributed by atoms with Crippen molar-refractivity contribution in [1.82, 2.24) is 24.5 Å². The number of carbonyl (C=O) groups is 1. The maximum Gasteiger partial charge on any atom is 0.236 e. The van der Waals surface area contributed by atoms with Crippen molar-refractivity contribution >= 4 is 5.91 Å². The number of rotatable bonds is 4. The molecule has 28 heavy (non-hydrogen) atoms. The van der Waals surface area contributed by atoms with Crippen LogP contribution in [0.3, 0.4) is 0 Å². The van der Waals surface area contributed by atoms with Crippen molar-refractivity contribution in [2.45, 2.75) is 32.9 Å². The molecule has 2 aromatic rings. The Morgan fingerprint density at radius 3 is 2.46 bits per heavy atom. The van der Waals surface area contributed by atoms with Crippen LogP contribution in [-0.4, -0.2) is 75.7 Å². The number of benzene rings is 1. The number of carbonyl (C=O) groups excluding carboxylic acids is 1. The summed E-state index contributed by atoms with van der Waals surface area (Å²) in [5, 5.41) is 4.78. The summed E-state index contributed by atoms with van der Waals surface area (Å²) >= 11 is 0. The molecule has 2 aliphatic rings. The minimum Gasteiger partial charge on any atom is -0.339 e. The Kier molecular flexibility index (Phi) is 5.51. The van der Waals surface area contributed by atoms with Gasteiger partial charge in [0.2, 0.25) is 5.91 Å². The standard InChI is InChI=1S/C22H31N5O/c1-17(2)26-11-13-27(14-12-26)21(28)16-25-10-9-19-20(15-25)24(3)23-22(19)18-7-5-4-6-8-18/h4-8,17H,9-16H2,1-3H3. The molecule has 0 bridgehead atoms. The Hall–Kier alpha value is -2.18. The minimum absolute atomic E-state index is 0.261. The fourth-order valence-electron chi connectivity index (χ4n) is 4.37. The second-order valence-corrected chi connectivity index (χ2v) is 8.23. The molecule has 0 radical (unpaired) electrons. The van der Waals surface area contributed by atoms with E-state index in [1.807, 2.05) is 22.7 Å². The van der Waals surface area contributed by atoms with Crippen LogP contribution in [0.1, 0.15) is 25.1 Å². The van der Waals surface area contributed by atoms with Crippen LogP contribution < -0.4 is 0 Å². The lowest BCUT2D eigenvalue weighted by Gasteiger charge is -2.38. The number of aryl methyl sites for hydroxylation is 1. The Morgan fingerprint density at radius 2 is 1.79 bits per heavy atom. The third-order valence-electron chi connectivity index (χ3n) is 6.13. The summed E-state index contributed by atoms with van der Waals surface area (Å²) in [6, 6.07) is 11.0. The molecule has 0 unspecified atom stereocenters. The average Bonchev–Trinajstić information content (AvgIpc) is 3.05. The second-order valence-electron chi connectivity index (χ2n) is 8.23. The zero-order chi connectivity index (χ0) is 19.7. The molecular weight excluding hydrogens is 350 g/mol. The van der Waals surface area contributed by atoms with Gasteiger partial charge < -0.3 is 4.90 Å². The zero-order valence-electron chi connectivity index (χ0n) is 17.3. The lowest BCUT2D eigenvalue weighted by Crippen LogP contribution is -2.53. The van der Waals surface area contributed by atoms with Gasteiger partial charge in [0, 0.05) is 63.5 Å². The van der Waals surface area contributed by atoms with Gasteiger partial charge in [-0.25, -0.2) is 0 Å². The molecule has 2 aliphatic heterocycles. The van der Waals surface area contributed by atoms with E-state index in [4.69, 9.17) is 5.10 Å². The summed E-state index contributed by atoms with van der Waals surface area (Å²) in [6.45, 7) is 10.3. The van der Waals surface area contributed by atoms with Crippen LogP contribution in [0.2, 0.25) is 0 Å². The molecule has 1 aromatic heterocycles. The zero-order valence-corrected chi connectivity index (χ0v) is 17.3. The molecule has 0 atom stereocenters. The second kappa shape index (κ2) is 8.05. The Labute approximate surface area is 167 Å². The number of hydrogen-bond acceptors (Lipinski definition) is 4. The van der Waals surface area contributed by atoms with E-state index in [-0.39, 0.29) is 5.91 Å². The highest BCUT2D eigenvalue weighted by Crippen LogP contribution is 2.29. The van der Waals surface area contributed by atoms with Crippen LogP contribution >= 0.6 is 0 Å². The van der Waals surface area contributed by atoms with Gasteiger partial charge in [0.05, 0.1) is 17.9 Å². The maximum absolute atomic E-state index is 12.8. The number of hydrogen-bond donors (Lipinski definition) is 0. The van der Waals surface area contributed by atoms with Gasteiger partial charge in [0.1, 0.15) is 0 Å². The van der Waals surface area contributed by atoms with Crippen molar-refractivity contribution in [2.75, 3.05) is 39.3 Å². The Balaban J connectivity index is 1.40. The molecule has 3 heterocycles. The summed E-state index contributed by atoms with van der Waals surface area (Å²) in [7, 11) is 2.02. The molecule has 0 spiro atoms. The lowest BCUT2D eigenvalue weighted by atomic mass is 10.00. The van der Waals surface area contributed by atoms with Crippen molar-refractivity contribution < 1.29 is 4.79 Å². The molecule has 1 amide bonds. The molecule has 1 saturated heterocycles. The Morgan fingerprint density at radius 1 is 1.07 bits per heavy atom. The predicted molar refractivity (Wildman–Crippen MR) is 111 cm³/mol. The van der Waals surface area contributed by atoms with Crippen LogP contribution in [0, 0.1) is 0 Å². The van der Waals surface area contributed by atoms with Crippen LogP contribution in [0.25, 0.3) is 11.3 Å². The molecule has 0 aliphatic carbocycles. The average molecular weight is 382 g/mol. The summed E-state index contributed by atoms with van der Waals surface area (Å²) < 4.78 is 2.00. The van der Waals surface area contributed by atoms with E-state index in [2.05, 4.69) is 47.9 Å². The molecule has 6 nitrogen and oxygen atoms in total. The van der Waals surface area contributed by atoms with Crippen molar-refractivity contribution in [3.63, 3.8) is 0 Å².